The van der Waals surface area contributed by atoms with Gasteiger partial charge in [-0.1, -0.05) is 0 Å². The molecule has 4 aromatic heterocycles. The van der Waals surface area contributed by atoms with Gasteiger partial charge in [0.05, 0.1) is 28.8 Å². The van der Waals surface area contributed by atoms with Gasteiger partial charge in [0.15, 0.2) is 10.8 Å². The maximum Gasteiger partial charge on any atom is 0.193 e. The number of hydrogen-bond acceptors (Lipinski definition) is 8. The number of tetrazole rings is 1. The molecule has 29 heavy (non-hydrogen) atoms. The molecule has 9 nitrogen and oxygen atoms in total. The monoisotopic (exact) mass is 411 g/mol. The molecule has 0 aliphatic heterocycles. The van der Waals surface area contributed by atoms with Gasteiger partial charge in [-0.25, -0.2) is 9.67 Å². The predicted octanol–water partition coefficient (Wildman–Crippen LogP) is 2.48. The van der Waals surface area contributed by atoms with Crippen molar-refractivity contribution in [3.8, 4) is 0 Å². The van der Waals surface area contributed by atoms with Crippen LogP contribution in [0.5, 0.6) is 0 Å². The fraction of sp³-hybridized carbons (Fsp3) is 0.421. The Kier molecular flexibility index (Phi) is 5.05. The molecule has 10 heteroatoms. The molecule has 0 bridgehead atoms. The zero-order chi connectivity index (χ0) is 20.6. The molecule has 0 amide bonds. The number of hydrogen-bond donors (Lipinski definition) is 1. The Morgan fingerprint density at radius 1 is 1.24 bits per heavy atom. The van der Waals surface area contributed by atoms with Crippen molar-refractivity contribution in [2.24, 2.45) is 0 Å². The van der Waals surface area contributed by atoms with E-state index in [0.29, 0.717) is 6.54 Å². The summed E-state index contributed by atoms with van der Waals surface area (Å²) in [6.45, 7) is 6.81. The lowest BCUT2D eigenvalue weighted by atomic mass is 10.1. The van der Waals surface area contributed by atoms with E-state index < -0.39 is 0 Å². The molecule has 0 spiro atoms. The van der Waals surface area contributed by atoms with Crippen LogP contribution in [0.4, 0.5) is 5.69 Å². The molecule has 0 saturated heterocycles. The van der Waals surface area contributed by atoms with E-state index in [2.05, 4.69) is 57.6 Å². The highest BCUT2D eigenvalue weighted by molar-refractivity contribution is 7.15. The lowest BCUT2D eigenvalue weighted by molar-refractivity contribution is 0.324. The van der Waals surface area contributed by atoms with E-state index in [1.165, 1.54) is 0 Å². The van der Waals surface area contributed by atoms with Gasteiger partial charge in [0.2, 0.25) is 0 Å². The highest BCUT2D eigenvalue weighted by Crippen LogP contribution is 2.24. The third kappa shape index (κ3) is 3.99. The van der Waals surface area contributed by atoms with E-state index in [4.69, 9.17) is 0 Å². The Balaban J connectivity index is 1.66. The SMILES string of the molecule is CN(C)c1ccc(C(NCc2cn3ccsc3n2)c2nnnn2C(C)(C)C)nc1. The molecule has 1 unspecified atom stereocenters. The number of thiazole rings is 1. The van der Waals surface area contributed by atoms with Crippen LogP contribution in [-0.4, -0.2) is 48.7 Å². The Bertz CT molecular complexity index is 1060. The Morgan fingerprint density at radius 2 is 2.07 bits per heavy atom. The van der Waals surface area contributed by atoms with Gasteiger partial charge in [-0.15, -0.1) is 16.4 Å². The molecule has 152 valence electrons. The van der Waals surface area contributed by atoms with E-state index in [-0.39, 0.29) is 11.6 Å². The molecule has 4 heterocycles. The predicted molar refractivity (Wildman–Crippen MR) is 113 cm³/mol. The summed E-state index contributed by atoms with van der Waals surface area (Å²) in [5.74, 6) is 0.726. The zero-order valence-corrected chi connectivity index (χ0v) is 18.1. The van der Waals surface area contributed by atoms with E-state index in [0.717, 1.165) is 27.9 Å². The summed E-state index contributed by atoms with van der Waals surface area (Å²) in [6.07, 6.45) is 5.91. The van der Waals surface area contributed by atoms with Crippen LogP contribution in [0.1, 0.15) is 44.0 Å². The highest BCUT2D eigenvalue weighted by Gasteiger charge is 2.28. The minimum atomic E-state index is -0.264. The molecule has 0 aliphatic carbocycles. The lowest BCUT2D eigenvalue weighted by Gasteiger charge is -2.24. The smallest absolute Gasteiger partial charge is 0.193 e. The summed E-state index contributed by atoms with van der Waals surface area (Å²) in [4.78, 5) is 12.4. The fourth-order valence-electron chi connectivity index (χ4n) is 3.08. The van der Waals surface area contributed by atoms with Crippen LogP contribution in [0.2, 0.25) is 0 Å². The van der Waals surface area contributed by atoms with Gasteiger partial charge in [0, 0.05) is 38.4 Å². The van der Waals surface area contributed by atoms with Crippen LogP contribution in [0, 0.1) is 0 Å². The second kappa shape index (κ2) is 7.53. The molecule has 0 saturated carbocycles. The van der Waals surface area contributed by atoms with Gasteiger partial charge >= 0.3 is 0 Å². The number of nitrogens with one attached hydrogen (secondary N) is 1. The van der Waals surface area contributed by atoms with Crippen LogP contribution >= 0.6 is 11.3 Å². The van der Waals surface area contributed by atoms with Crippen molar-refractivity contribution in [2.75, 3.05) is 19.0 Å². The standard InChI is InChI=1S/C19H25N9S/c1-19(2,3)28-17(23-24-25-28)16(15-7-6-14(11-20-15)26(4)5)21-10-13-12-27-8-9-29-18(27)22-13/h6-9,11-12,16,21H,10H2,1-5H3. The summed E-state index contributed by atoms with van der Waals surface area (Å²) in [6, 6.07) is 3.80. The van der Waals surface area contributed by atoms with E-state index in [9.17, 15) is 0 Å². The molecule has 0 fully saturated rings. The number of nitrogens with zero attached hydrogens (tertiary/aromatic N) is 8. The summed E-state index contributed by atoms with van der Waals surface area (Å²) < 4.78 is 3.87. The van der Waals surface area contributed by atoms with E-state index in [1.807, 2.05) is 58.1 Å². The Morgan fingerprint density at radius 3 is 2.72 bits per heavy atom. The number of pyridine rings is 1. The number of anilines is 1. The average Bonchev–Trinajstić information content (AvgIpc) is 3.37. The van der Waals surface area contributed by atoms with Crippen LogP contribution < -0.4 is 10.2 Å². The van der Waals surface area contributed by atoms with Gasteiger partial charge in [0.25, 0.3) is 0 Å². The first-order valence-electron chi connectivity index (χ1n) is 9.39. The first kappa shape index (κ1) is 19.5. The fourth-order valence-corrected chi connectivity index (χ4v) is 3.80. The molecule has 1 N–H and O–H groups in total. The number of aromatic nitrogens is 7. The summed E-state index contributed by atoms with van der Waals surface area (Å²) in [5, 5.41) is 18.1. The van der Waals surface area contributed by atoms with Crippen molar-refractivity contribution < 1.29 is 0 Å². The maximum absolute atomic E-state index is 4.69. The third-order valence-corrected chi connectivity index (χ3v) is 5.37. The zero-order valence-electron chi connectivity index (χ0n) is 17.2. The molecular formula is C19H25N9S. The summed E-state index contributed by atoms with van der Waals surface area (Å²) in [5.41, 5.74) is 2.61. The number of rotatable bonds is 6. The van der Waals surface area contributed by atoms with E-state index >= 15 is 0 Å². The van der Waals surface area contributed by atoms with Gasteiger partial charge in [-0.05, 0) is 43.3 Å². The first-order chi connectivity index (χ1) is 13.8. The second-order valence-electron chi connectivity index (χ2n) is 8.09. The molecule has 4 rings (SSSR count). The van der Waals surface area contributed by atoms with Crippen molar-refractivity contribution in [1.29, 1.82) is 0 Å². The highest BCUT2D eigenvalue weighted by atomic mass is 32.1. The van der Waals surface area contributed by atoms with Crippen molar-refractivity contribution in [1.82, 2.24) is 39.9 Å². The Hall–Kier alpha value is -2.85. The van der Waals surface area contributed by atoms with Crippen molar-refractivity contribution in [3.05, 3.63) is 53.3 Å². The van der Waals surface area contributed by atoms with Gasteiger partial charge < -0.3 is 4.90 Å². The van der Waals surface area contributed by atoms with Crippen molar-refractivity contribution >= 4 is 22.0 Å². The molecule has 1 atom stereocenters. The van der Waals surface area contributed by atoms with Crippen LogP contribution in [0.25, 0.3) is 4.96 Å². The van der Waals surface area contributed by atoms with Gasteiger partial charge in [0.1, 0.15) is 6.04 Å². The molecule has 4 aromatic rings. The van der Waals surface area contributed by atoms with Crippen LogP contribution in [0.15, 0.2) is 36.1 Å². The van der Waals surface area contributed by atoms with Crippen molar-refractivity contribution in [2.45, 2.75) is 38.9 Å². The minimum absolute atomic E-state index is 0.251. The topological polar surface area (TPSA) is 89.1 Å². The van der Waals surface area contributed by atoms with E-state index in [1.54, 1.807) is 11.3 Å². The first-order valence-corrected chi connectivity index (χ1v) is 10.3. The number of fused-ring (bicyclic) bond motifs is 1. The molecular weight excluding hydrogens is 386 g/mol. The maximum atomic E-state index is 4.69. The van der Waals surface area contributed by atoms with Crippen LogP contribution in [-0.2, 0) is 12.1 Å². The van der Waals surface area contributed by atoms with Gasteiger partial charge in [-0.2, -0.15) is 0 Å². The van der Waals surface area contributed by atoms with Crippen molar-refractivity contribution in [3.63, 3.8) is 0 Å². The summed E-state index contributed by atoms with van der Waals surface area (Å²) >= 11 is 1.62. The molecule has 0 aliphatic rings. The second-order valence-corrected chi connectivity index (χ2v) is 8.97. The largest absolute Gasteiger partial charge is 0.376 e. The molecule has 0 radical (unpaired) electrons. The van der Waals surface area contributed by atoms with Gasteiger partial charge in [-0.3, -0.25) is 14.7 Å². The minimum Gasteiger partial charge on any atom is -0.376 e. The normalized spacial score (nSPS) is 13.1. The summed E-state index contributed by atoms with van der Waals surface area (Å²) in [7, 11) is 3.99. The quantitative estimate of drug-likeness (QED) is 0.521. The lowest BCUT2D eigenvalue weighted by Crippen LogP contribution is -2.32. The van der Waals surface area contributed by atoms with Crippen LogP contribution in [0.3, 0.4) is 0 Å². The Labute approximate surface area is 173 Å². The number of imidazole rings is 1. The third-order valence-electron chi connectivity index (χ3n) is 4.60. The average molecular weight is 412 g/mol. The molecule has 0 aromatic carbocycles.